The van der Waals surface area contributed by atoms with Crippen LogP contribution < -0.4 is 10.5 Å². The number of nitrogen functional groups attached to an aromatic ring is 1. The summed E-state index contributed by atoms with van der Waals surface area (Å²) < 4.78 is 5.17. The van der Waals surface area contributed by atoms with Gasteiger partial charge in [0.1, 0.15) is 23.2 Å². The molecule has 7 nitrogen and oxygen atoms in total. The highest BCUT2D eigenvalue weighted by atomic mass is 16.5. The first-order valence-electron chi connectivity index (χ1n) is 9.40. The molecule has 1 fully saturated rings. The second-order valence-electron chi connectivity index (χ2n) is 6.86. The molecule has 4 rings (SSSR count). The molecular formula is C23H20N4O3. The summed E-state index contributed by atoms with van der Waals surface area (Å²) in [5.74, 6) is -0.425. The Morgan fingerprint density at radius 1 is 1.03 bits per heavy atom. The number of methoxy groups -OCH3 is 1. The smallest absolute Gasteiger partial charge is 0.276 e. The molecule has 0 aliphatic carbocycles. The number of carbonyl (C=O) groups is 2. The van der Waals surface area contributed by atoms with Crippen molar-refractivity contribution < 1.29 is 14.3 Å². The molecule has 2 aromatic carbocycles. The Morgan fingerprint density at radius 2 is 1.77 bits per heavy atom. The van der Waals surface area contributed by atoms with Crippen molar-refractivity contribution >= 4 is 29.0 Å². The maximum atomic E-state index is 13.2. The summed E-state index contributed by atoms with van der Waals surface area (Å²) in [7, 11) is 1.58. The predicted molar refractivity (Wildman–Crippen MR) is 113 cm³/mol. The largest absolute Gasteiger partial charge is 0.497 e. The van der Waals surface area contributed by atoms with E-state index in [4.69, 9.17) is 10.5 Å². The van der Waals surface area contributed by atoms with E-state index in [2.05, 4.69) is 9.98 Å². The molecule has 2 heterocycles. The van der Waals surface area contributed by atoms with Gasteiger partial charge in [-0.3, -0.25) is 14.5 Å². The van der Waals surface area contributed by atoms with E-state index in [1.165, 1.54) is 4.90 Å². The first-order valence-corrected chi connectivity index (χ1v) is 9.40. The van der Waals surface area contributed by atoms with Crippen LogP contribution in [0, 0.1) is 0 Å². The van der Waals surface area contributed by atoms with E-state index in [9.17, 15) is 9.59 Å². The summed E-state index contributed by atoms with van der Waals surface area (Å²) in [5, 5.41) is 0. The van der Waals surface area contributed by atoms with Crippen LogP contribution in [0.4, 0.5) is 11.5 Å². The normalized spacial score (nSPS) is 17.6. The Kier molecular flexibility index (Phi) is 5.26. The van der Waals surface area contributed by atoms with Gasteiger partial charge in [-0.05, 0) is 41.5 Å². The van der Waals surface area contributed by atoms with Gasteiger partial charge in [0, 0.05) is 6.20 Å². The summed E-state index contributed by atoms with van der Waals surface area (Å²) in [4.78, 5) is 36.2. The minimum atomic E-state index is -0.762. The Morgan fingerprint density at radius 3 is 2.40 bits per heavy atom. The van der Waals surface area contributed by atoms with Gasteiger partial charge in [-0.2, -0.15) is 0 Å². The average molecular weight is 400 g/mol. The molecule has 0 spiro atoms. The molecule has 1 unspecified atom stereocenters. The molecule has 1 aromatic heterocycles. The number of likely N-dealkylation sites (tertiary alicyclic amines) is 1. The molecule has 7 heteroatoms. The second kappa shape index (κ2) is 8.16. The van der Waals surface area contributed by atoms with Crippen molar-refractivity contribution in [3.05, 3.63) is 84.1 Å². The lowest BCUT2D eigenvalue weighted by atomic mass is 9.96. The maximum absolute atomic E-state index is 13.2. The molecule has 2 N–H and O–H groups in total. The van der Waals surface area contributed by atoms with Crippen molar-refractivity contribution in [1.82, 2.24) is 9.88 Å². The lowest BCUT2D eigenvalue weighted by molar-refractivity contribution is -0.138. The van der Waals surface area contributed by atoms with Gasteiger partial charge >= 0.3 is 0 Å². The van der Waals surface area contributed by atoms with E-state index >= 15 is 0 Å². The summed E-state index contributed by atoms with van der Waals surface area (Å²) >= 11 is 0. The van der Waals surface area contributed by atoms with Crippen LogP contribution in [0.25, 0.3) is 0 Å². The number of carbonyl (C=O) groups excluding carboxylic acids is 2. The summed E-state index contributed by atoms with van der Waals surface area (Å²) in [6.07, 6.45) is 1.56. The zero-order valence-corrected chi connectivity index (χ0v) is 16.4. The Labute approximate surface area is 173 Å². The summed E-state index contributed by atoms with van der Waals surface area (Å²) in [5.41, 5.74) is 7.83. The highest BCUT2D eigenvalue weighted by Crippen LogP contribution is 2.31. The first-order chi connectivity index (χ1) is 14.6. The fourth-order valence-electron chi connectivity index (χ4n) is 3.35. The monoisotopic (exact) mass is 400 g/mol. The third kappa shape index (κ3) is 3.77. The zero-order valence-electron chi connectivity index (χ0n) is 16.4. The molecule has 1 atom stereocenters. The SMILES string of the molecule is COc1ccc(N=C2C(=O)N(Cc3ccc(N)nc3)C(=O)C2c2ccccc2)cc1. The van der Waals surface area contributed by atoms with Crippen molar-refractivity contribution in [2.45, 2.75) is 12.5 Å². The molecule has 30 heavy (non-hydrogen) atoms. The minimum absolute atomic E-state index is 0.107. The van der Waals surface area contributed by atoms with Crippen molar-refractivity contribution in [3.63, 3.8) is 0 Å². The Bertz CT molecular complexity index is 1090. The third-order valence-electron chi connectivity index (χ3n) is 4.89. The summed E-state index contributed by atoms with van der Waals surface area (Å²) in [6.45, 7) is 0.107. The summed E-state index contributed by atoms with van der Waals surface area (Å²) in [6, 6.07) is 19.6. The number of anilines is 1. The number of imide groups is 1. The molecule has 0 radical (unpaired) electrons. The Balaban J connectivity index is 1.73. The number of rotatable bonds is 5. The maximum Gasteiger partial charge on any atom is 0.276 e. The van der Waals surface area contributed by atoms with Crippen LogP contribution in [0.15, 0.2) is 77.9 Å². The van der Waals surface area contributed by atoms with E-state index < -0.39 is 11.8 Å². The van der Waals surface area contributed by atoms with Gasteiger partial charge in [0.25, 0.3) is 5.91 Å². The lowest BCUT2D eigenvalue weighted by Gasteiger charge is -2.14. The van der Waals surface area contributed by atoms with Gasteiger partial charge in [0.15, 0.2) is 0 Å². The van der Waals surface area contributed by atoms with E-state index in [0.717, 1.165) is 5.56 Å². The molecule has 0 saturated carbocycles. The first kappa shape index (κ1) is 19.3. The molecule has 1 aliphatic rings. The van der Waals surface area contributed by atoms with Crippen LogP contribution in [-0.4, -0.2) is 34.5 Å². The van der Waals surface area contributed by atoms with Crippen LogP contribution in [0.1, 0.15) is 17.0 Å². The van der Waals surface area contributed by atoms with Gasteiger partial charge in [-0.15, -0.1) is 0 Å². The highest BCUT2D eigenvalue weighted by molar-refractivity contribution is 6.52. The van der Waals surface area contributed by atoms with Crippen LogP contribution in [0.2, 0.25) is 0 Å². The second-order valence-corrected chi connectivity index (χ2v) is 6.86. The Hall–Kier alpha value is -4.00. The topological polar surface area (TPSA) is 97.9 Å². The van der Waals surface area contributed by atoms with Gasteiger partial charge in [-0.1, -0.05) is 36.4 Å². The molecule has 0 bridgehead atoms. The van der Waals surface area contributed by atoms with Crippen LogP contribution in [-0.2, 0) is 16.1 Å². The fourth-order valence-corrected chi connectivity index (χ4v) is 3.35. The van der Waals surface area contributed by atoms with E-state index in [-0.39, 0.29) is 18.2 Å². The number of ether oxygens (including phenoxy) is 1. The number of amides is 2. The zero-order chi connectivity index (χ0) is 21.1. The van der Waals surface area contributed by atoms with E-state index in [1.807, 2.05) is 30.3 Å². The highest BCUT2D eigenvalue weighted by Gasteiger charge is 2.45. The quantitative estimate of drug-likeness (QED) is 0.664. The van der Waals surface area contributed by atoms with Crippen molar-refractivity contribution in [2.75, 3.05) is 12.8 Å². The minimum Gasteiger partial charge on any atom is -0.497 e. The van der Waals surface area contributed by atoms with Gasteiger partial charge < -0.3 is 10.5 Å². The third-order valence-corrected chi connectivity index (χ3v) is 4.89. The fraction of sp³-hybridized carbons (Fsp3) is 0.130. The number of nitrogens with two attached hydrogens (primary N) is 1. The molecule has 1 saturated heterocycles. The molecule has 1 aliphatic heterocycles. The molecular weight excluding hydrogens is 380 g/mol. The van der Waals surface area contributed by atoms with E-state index in [0.29, 0.717) is 22.8 Å². The van der Waals surface area contributed by atoms with Crippen LogP contribution in [0.3, 0.4) is 0 Å². The number of pyridine rings is 1. The number of benzene rings is 2. The molecule has 150 valence electrons. The van der Waals surface area contributed by atoms with Gasteiger partial charge in [-0.25, -0.2) is 9.98 Å². The number of hydrogen-bond donors (Lipinski definition) is 1. The van der Waals surface area contributed by atoms with Crippen molar-refractivity contribution in [3.8, 4) is 5.75 Å². The average Bonchev–Trinajstić information content (AvgIpc) is 3.00. The number of aliphatic imine (C=N–C) groups is 1. The standard InChI is InChI=1S/C23H20N4O3/c1-30-18-10-8-17(9-11-18)26-21-20(16-5-3-2-4-6-16)22(28)27(23(21)29)14-15-7-12-19(24)25-13-15/h2-13,20H,14H2,1H3,(H2,24,25). The van der Waals surface area contributed by atoms with Crippen LogP contribution in [0.5, 0.6) is 5.75 Å². The van der Waals surface area contributed by atoms with Crippen molar-refractivity contribution in [2.24, 2.45) is 4.99 Å². The van der Waals surface area contributed by atoms with E-state index in [1.54, 1.807) is 49.7 Å². The predicted octanol–water partition coefficient (Wildman–Crippen LogP) is 3.10. The number of hydrogen-bond acceptors (Lipinski definition) is 6. The van der Waals surface area contributed by atoms with Gasteiger partial charge in [0.05, 0.1) is 19.3 Å². The van der Waals surface area contributed by atoms with Crippen LogP contribution >= 0.6 is 0 Å². The lowest BCUT2D eigenvalue weighted by Crippen LogP contribution is -2.30. The number of nitrogens with zero attached hydrogens (tertiary/aromatic N) is 3. The molecule has 2 amide bonds. The molecule has 3 aromatic rings. The van der Waals surface area contributed by atoms with Crippen molar-refractivity contribution in [1.29, 1.82) is 0 Å². The number of aromatic nitrogens is 1. The van der Waals surface area contributed by atoms with Gasteiger partial charge in [0.2, 0.25) is 5.91 Å².